The number of hydrogen-bond acceptors (Lipinski definition) is 6. The molecule has 3 rings (SSSR count). The summed E-state index contributed by atoms with van der Waals surface area (Å²) in [6.45, 7) is 7.52. The Morgan fingerprint density at radius 1 is 0.966 bits per heavy atom. The molecule has 0 bridgehead atoms. The molecule has 8 nitrogen and oxygen atoms in total. The van der Waals surface area contributed by atoms with Crippen molar-refractivity contribution >= 4 is 17.8 Å². The van der Waals surface area contributed by atoms with Crippen LogP contribution in [0.25, 0.3) is 0 Å². The highest BCUT2D eigenvalue weighted by atomic mass is 16.6. The Morgan fingerprint density at radius 3 is 2.24 bits per heavy atom. The van der Waals surface area contributed by atoms with Gasteiger partial charge in [0.2, 0.25) is 0 Å². The summed E-state index contributed by atoms with van der Waals surface area (Å²) in [5.41, 5.74) is 1.50. The van der Waals surface area contributed by atoms with Gasteiger partial charge in [0.25, 0.3) is 5.91 Å². The lowest BCUT2D eigenvalue weighted by atomic mass is 10.2. The molecule has 1 aromatic carbocycles. The van der Waals surface area contributed by atoms with Crippen LogP contribution in [0.5, 0.6) is 0 Å². The van der Waals surface area contributed by atoms with Crippen LogP contribution in [0.4, 0.5) is 10.6 Å². The van der Waals surface area contributed by atoms with Gasteiger partial charge >= 0.3 is 6.09 Å². The zero-order valence-electron chi connectivity index (χ0n) is 17.0. The second-order valence-electron chi connectivity index (χ2n) is 6.75. The normalized spacial score (nSPS) is 13.9. The van der Waals surface area contributed by atoms with Crippen molar-refractivity contribution in [1.29, 1.82) is 0 Å². The van der Waals surface area contributed by atoms with Crippen molar-refractivity contribution in [3.63, 3.8) is 0 Å². The average molecular weight is 397 g/mol. The predicted octanol–water partition coefficient (Wildman–Crippen LogP) is 2.42. The second kappa shape index (κ2) is 9.86. The minimum atomic E-state index is -0.332. The largest absolute Gasteiger partial charge is 0.450 e. The van der Waals surface area contributed by atoms with Crippen LogP contribution in [0.15, 0.2) is 42.5 Å². The number of rotatable bonds is 6. The minimum absolute atomic E-state index is 0.168. The van der Waals surface area contributed by atoms with Crippen molar-refractivity contribution < 1.29 is 14.3 Å². The lowest BCUT2D eigenvalue weighted by Crippen LogP contribution is -2.50. The van der Waals surface area contributed by atoms with Gasteiger partial charge in [-0.1, -0.05) is 30.3 Å². The van der Waals surface area contributed by atoms with E-state index in [1.165, 1.54) is 5.56 Å². The third kappa shape index (κ3) is 5.22. The van der Waals surface area contributed by atoms with Gasteiger partial charge in [-0.3, -0.25) is 4.79 Å². The first kappa shape index (κ1) is 20.6. The van der Waals surface area contributed by atoms with Gasteiger partial charge in [-0.15, -0.1) is 10.2 Å². The maximum atomic E-state index is 12.7. The molecule has 154 valence electrons. The third-order valence-corrected chi connectivity index (χ3v) is 4.88. The molecule has 0 aliphatic carbocycles. The van der Waals surface area contributed by atoms with Gasteiger partial charge in [-0.05, 0) is 31.5 Å². The van der Waals surface area contributed by atoms with Gasteiger partial charge in [0.15, 0.2) is 11.5 Å². The molecule has 1 saturated heterocycles. The van der Waals surface area contributed by atoms with Crippen molar-refractivity contribution in [3.8, 4) is 0 Å². The molecule has 0 spiro atoms. The van der Waals surface area contributed by atoms with Gasteiger partial charge in [0.1, 0.15) is 0 Å². The predicted molar refractivity (Wildman–Crippen MR) is 110 cm³/mol. The Labute approximate surface area is 171 Å². The highest BCUT2D eigenvalue weighted by Gasteiger charge is 2.26. The van der Waals surface area contributed by atoms with Crippen LogP contribution in [0, 0.1) is 0 Å². The van der Waals surface area contributed by atoms with Gasteiger partial charge < -0.3 is 19.4 Å². The van der Waals surface area contributed by atoms with E-state index >= 15 is 0 Å². The fraction of sp³-hybridized carbons (Fsp3) is 0.429. The van der Waals surface area contributed by atoms with Crippen LogP contribution >= 0.6 is 0 Å². The van der Waals surface area contributed by atoms with Gasteiger partial charge in [0.05, 0.1) is 6.61 Å². The number of hydrogen-bond donors (Lipinski definition) is 0. The number of piperazine rings is 1. The van der Waals surface area contributed by atoms with Crippen molar-refractivity contribution in [2.75, 3.05) is 44.2 Å². The average Bonchev–Trinajstić information content (AvgIpc) is 2.78. The maximum Gasteiger partial charge on any atom is 0.409 e. The lowest BCUT2D eigenvalue weighted by Gasteiger charge is -2.33. The fourth-order valence-electron chi connectivity index (χ4n) is 3.24. The molecule has 2 heterocycles. The summed E-state index contributed by atoms with van der Waals surface area (Å²) < 4.78 is 5.01. The molecule has 1 fully saturated rings. The molecular weight excluding hydrogens is 370 g/mol. The molecule has 1 aromatic heterocycles. The molecule has 0 radical (unpaired) electrons. The molecule has 1 aliphatic rings. The van der Waals surface area contributed by atoms with Crippen LogP contribution in [0.3, 0.4) is 0 Å². The number of anilines is 1. The van der Waals surface area contributed by atoms with Crippen molar-refractivity contribution in [3.05, 3.63) is 53.7 Å². The lowest BCUT2D eigenvalue weighted by molar-refractivity contribution is 0.0565. The summed E-state index contributed by atoms with van der Waals surface area (Å²) in [5, 5.41) is 8.43. The molecular formula is C21H27N5O3. The van der Waals surface area contributed by atoms with Crippen molar-refractivity contribution in [2.24, 2.45) is 0 Å². The summed E-state index contributed by atoms with van der Waals surface area (Å²) >= 11 is 0. The third-order valence-electron chi connectivity index (χ3n) is 4.88. The highest BCUT2D eigenvalue weighted by molar-refractivity contribution is 5.92. The molecule has 0 unspecified atom stereocenters. The Morgan fingerprint density at radius 2 is 1.66 bits per heavy atom. The fourth-order valence-corrected chi connectivity index (χ4v) is 3.24. The van der Waals surface area contributed by atoms with Crippen molar-refractivity contribution in [2.45, 2.75) is 20.4 Å². The highest BCUT2D eigenvalue weighted by Crippen LogP contribution is 2.15. The standard InChI is InChI=1S/C21H27N5O3/c1-3-24(16-17-8-6-5-7-9-17)19-11-10-18(22-23-19)20(27)25-12-14-26(15-13-25)21(28)29-4-2/h5-11H,3-4,12-16H2,1-2H3. The van der Waals surface area contributed by atoms with Gasteiger partial charge in [0, 0.05) is 39.3 Å². The minimum Gasteiger partial charge on any atom is -0.450 e. The first-order chi connectivity index (χ1) is 14.1. The van der Waals surface area contributed by atoms with Crippen LogP contribution in [0.2, 0.25) is 0 Å². The summed E-state index contributed by atoms with van der Waals surface area (Å²) in [6.07, 6.45) is -0.332. The van der Waals surface area contributed by atoms with E-state index in [0.717, 1.165) is 18.9 Å². The van der Waals surface area contributed by atoms with E-state index in [2.05, 4.69) is 34.2 Å². The van der Waals surface area contributed by atoms with Crippen LogP contribution < -0.4 is 4.90 Å². The number of carbonyl (C=O) groups excluding carboxylic acids is 2. The first-order valence-corrected chi connectivity index (χ1v) is 9.96. The van der Waals surface area contributed by atoms with E-state index in [0.29, 0.717) is 38.5 Å². The summed E-state index contributed by atoms with van der Waals surface area (Å²) in [6, 6.07) is 13.7. The molecule has 0 atom stereocenters. The number of ether oxygens (including phenoxy) is 1. The molecule has 8 heteroatoms. The van der Waals surface area contributed by atoms with E-state index in [1.807, 2.05) is 24.3 Å². The summed E-state index contributed by atoms with van der Waals surface area (Å²) in [5.74, 6) is 0.568. The van der Waals surface area contributed by atoms with Crippen LogP contribution in [-0.2, 0) is 11.3 Å². The molecule has 0 saturated carbocycles. The van der Waals surface area contributed by atoms with Gasteiger partial charge in [-0.2, -0.15) is 0 Å². The molecule has 29 heavy (non-hydrogen) atoms. The topological polar surface area (TPSA) is 78.9 Å². The molecule has 2 aromatic rings. The Balaban J connectivity index is 1.59. The zero-order valence-corrected chi connectivity index (χ0v) is 17.0. The number of amides is 2. The quantitative estimate of drug-likeness (QED) is 0.745. The number of nitrogens with zero attached hydrogens (tertiary/aromatic N) is 5. The van der Waals surface area contributed by atoms with Crippen molar-refractivity contribution in [1.82, 2.24) is 20.0 Å². The SMILES string of the molecule is CCOC(=O)N1CCN(C(=O)c2ccc(N(CC)Cc3ccccc3)nn2)CC1. The van der Waals surface area contributed by atoms with Crippen LogP contribution in [-0.4, -0.2) is 71.3 Å². The van der Waals surface area contributed by atoms with E-state index in [9.17, 15) is 9.59 Å². The van der Waals surface area contributed by atoms with Crippen LogP contribution in [0.1, 0.15) is 29.9 Å². The molecule has 1 aliphatic heterocycles. The maximum absolute atomic E-state index is 12.7. The Hall–Kier alpha value is -3.16. The van der Waals surface area contributed by atoms with E-state index in [-0.39, 0.29) is 12.0 Å². The molecule has 0 N–H and O–H groups in total. The number of carbonyl (C=O) groups is 2. The zero-order chi connectivity index (χ0) is 20.6. The van der Waals surface area contributed by atoms with E-state index in [4.69, 9.17) is 4.74 Å². The Kier molecular flexibility index (Phi) is 6.99. The first-order valence-electron chi connectivity index (χ1n) is 9.96. The number of aromatic nitrogens is 2. The smallest absolute Gasteiger partial charge is 0.409 e. The Bertz CT molecular complexity index is 805. The molecule has 2 amide bonds. The summed E-state index contributed by atoms with van der Waals surface area (Å²) in [4.78, 5) is 29.9. The van der Waals surface area contributed by atoms with E-state index < -0.39 is 0 Å². The summed E-state index contributed by atoms with van der Waals surface area (Å²) in [7, 11) is 0. The number of benzene rings is 1. The second-order valence-corrected chi connectivity index (χ2v) is 6.75. The van der Waals surface area contributed by atoms with Gasteiger partial charge in [-0.25, -0.2) is 4.79 Å². The monoisotopic (exact) mass is 397 g/mol. The van der Waals surface area contributed by atoms with E-state index in [1.54, 1.807) is 22.8 Å².